The second-order valence-corrected chi connectivity index (χ2v) is 5.32. The lowest BCUT2D eigenvalue weighted by atomic mass is 9.74. The summed E-state index contributed by atoms with van der Waals surface area (Å²) in [5, 5.41) is 14.7. The fourth-order valence-electron chi connectivity index (χ4n) is 2.69. The predicted octanol–water partition coefficient (Wildman–Crippen LogP) is -0.399. The molecule has 0 aromatic rings. The van der Waals surface area contributed by atoms with Crippen molar-refractivity contribution in [3.05, 3.63) is 0 Å². The van der Waals surface area contributed by atoms with E-state index in [-0.39, 0.29) is 12.3 Å². The highest BCUT2D eigenvalue weighted by atomic mass is 16.4. The second kappa shape index (κ2) is 7.23. The van der Waals surface area contributed by atoms with Crippen molar-refractivity contribution in [2.45, 2.75) is 45.1 Å². The fraction of sp³-hybridized carbons (Fsp3) is 0.769. The molecule has 20 heavy (non-hydrogen) atoms. The summed E-state index contributed by atoms with van der Waals surface area (Å²) in [4.78, 5) is 34.4. The van der Waals surface area contributed by atoms with E-state index in [0.29, 0.717) is 19.3 Å². The lowest BCUT2D eigenvalue weighted by molar-refractivity contribution is -0.145. The molecule has 0 radical (unpaired) electrons. The Morgan fingerprint density at radius 1 is 1.35 bits per heavy atom. The van der Waals surface area contributed by atoms with Gasteiger partial charge in [-0.2, -0.15) is 0 Å². The highest BCUT2D eigenvalue weighted by Gasteiger charge is 2.40. The zero-order valence-corrected chi connectivity index (χ0v) is 11.8. The number of amides is 2. The van der Waals surface area contributed by atoms with E-state index in [0.717, 1.165) is 19.5 Å². The van der Waals surface area contributed by atoms with Crippen LogP contribution in [0.25, 0.3) is 0 Å². The quantitative estimate of drug-likeness (QED) is 0.507. The molecule has 0 aliphatic carbocycles. The second-order valence-electron chi connectivity index (χ2n) is 5.32. The standard InChI is InChI=1S/C13H23N3O4/c1-2-3-13(4-6-15-7-5-13)12(20)16-9(11(18)19)8-10(14)17/h9,15H,2-8H2,1H3,(H2,14,17)(H,16,20)(H,18,19)/t9-/m0/s1. The minimum Gasteiger partial charge on any atom is -0.480 e. The number of hydrogen-bond acceptors (Lipinski definition) is 4. The van der Waals surface area contributed by atoms with Crippen molar-refractivity contribution in [2.24, 2.45) is 11.1 Å². The first-order valence-corrected chi connectivity index (χ1v) is 6.94. The summed E-state index contributed by atoms with van der Waals surface area (Å²) in [6.45, 7) is 3.47. The molecule has 1 aliphatic rings. The van der Waals surface area contributed by atoms with Crippen LogP contribution < -0.4 is 16.4 Å². The van der Waals surface area contributed by atoms with E-state index in [4.69, 9.17) is 10.8 Å². The lowest BCUT2D eigenvalue weighted by Gasteiger charge is -2.36. The molecule has 1 atom stereocenters. The summed E-state index contributed by atoms with van der Waals surface area (Å²) in [6.07, 6.45) is 2.52. The molecule has 0 aromatic carbocycles. The van der Waals surface area contributed by atoms with Gasteiger partial charge in [0.15, 0.2) is 0 Å². The maximum atomic E-state index is 12.5. The van der Waals surface area contributed by atoms with Crippen LogP contribution >= 0.6 is 0 Å². The SMILES string of the molecule is CCCC1(C(=O)N[C@@H](CC(N)=O)C(=O)O)CCNCC1. The summed E-state index contributed by atoms with van der Waals surface area (Å²) in [6, 6.07) is -1.25. The summed E-state index contributed by atoms with van der Waals surface area (Å²) in [5.74, 6) is -2.26. The molecule has 7 nitrogen and oxygen atoms in total. The number of primary amides is 1. The first kappa shape index (κ1) is 16.4. The molecule has 5 N–H and O–H groups in total. The molecule has 0 unspecified atom stereocenters. The minimum atomic E-state index is -1.25. The van der Waals surface area contributed by atoms with Crippen LogP contribution in [0, 0.1) is 5.41 Å². The fourth-order valence-corrected chi connectivity index (χ4v) is 2.69. The van der Waals surface area contributed by atoms with E-state index in [2.05, 4.69) is 10.6 Å². The first-order chi connectivity index (χ1) is 9.41. The van der Waals surface area contributed by atoms with Crippen molar-refractivity contribution in [3.63, 3.8) is 0 Å². The molecule has 0 aromatic heterocycles. The van der Waals surface area contributed by atoms with Gasteiger partial charge in [0.2, 0.25) is 11.8 Å². The van der Waals surface area contributed by atoms with Gasteiger partial charge >= 0.3 is 5.97 Å². The van der Waals surface area contributed by atoms with Crippen molar-refractivity contribution >= 4 is 17.8 Å². The molecule has 2 amide bonds. The average Bonchev–Trinajstić information content (AvgIpc) is 2.38. The van der Waals surface area contributed by atoms with Crippen molar-refractivity contribution in [1.29, 1.82) is 0 Å². The molecule has 1 saturated heterocycles. The van der Waals surface area contributed by atoms with Crippen LogP contribution in [0.2, 0.25) is 0 Å². The van der Waals surface area contributed by atoms with Gasteiger partial charge in [0.1, 0.15) is 6.04 Å². The molecule has 1 aliphatic heterocycles. The van der Waals surface area contributed by atoms with E-state index in [9.17, 15) is 14.4 Å². The van der Waals surface area contributed by atoms with Gasteiger partial charge in [0.05, 0.1) is 11.8 Å². The zero-order chi connectivity index (χ0) is 15.2. The van der Waals surface area contributed by atoms with Gasteiger partial charge in [-0.15, -0.1) is 0 Å². The third kappa shape index (κ3) is 4.19. The number of hydrogen-bond donors (Lipinski definition) is 4. The van der Waals surface area contributed by atoms with E-state index in [1.165, 1.54) is 0 Å². The van der Waals surface area contributed by atoms with E-state index >= 15 is 0 Å². The van der Waals surface area contributed by atoms with Gasteiger partial charge in [0.25, 0.3) is 0 Å². The van der Waals surface area contributed by atoms with Crippen LogP contribution in [0.15, 0.2) is 0 Å². The Morgan fingerprint density at radius 3 is 2.40 bits per heavy atom. The number of nitrogens with one attached hydrogen (secondary N) is 2. The minimum absolute atomic E-state index is 0.283. The van der Waals surface area contributed by atoms with Crippen LogP contribution in [-0.4, -0.2) is 42.0 Å². The smallest absolute Gasteiger partial charge is 0.326 e. The Hall–Kier alpha value is -1.63. The number of nitrogens with two attached hydrogens (primary N) is 1. The Kier molecular flexibility index (Phi) is 5.94. The zero-order valence-electron chi connectivity index (χ0n) is 11.8. The van der Waals surface area contributed by atoms with E-state index < -0.39 is 23.3 Å². The number of rotatable bonds is 7. The van der Waals surface area contributed by atoms with Crippen LogP contribution in [0.4, 0.5) is 0 Å². The largest absolute Gasteiger partial charge is 0.480 e. The molecule has 0 saturated carbocycles. The molecule has 1 heterocycles. The Morgan fingerprint density at radius 2 is 1.95 bits per heavy atom. The highest BCUT2D eigenvalue weighted by molar-refractivity contribution is 5.90. The van der Waals surface area contributed by atoms with Gasteiger partial charge in [0, 0.05) is 0 Å². The van der Waals surface area contributed by atoms with Crippen LogP contribution in [0.1, 0.15) is 39.0 Å². The normalized spacial score (nSPS) is 19.1. The summed E-state index contributed by atoms with van der Waals surface area (Å²) >= 11 is 0. The molecular formula is C13H23N3O4. The maximum absolute atomic E-state index is 12.5. The third-order valence-corrected chi connectivity index (χ3v) is 3.78. The van der Waals surface area contributed by atoms with Crippen LogP contribution in [0.5, 0.6) is 0 Å². The third-order valence-electron chi connectivity index (χ3n) is 3.78. The maximum Gasteiger partial charge on any atom is 0.326 e. The van der Waals surface area contributed by atoms with Gasteiger partial charge in [-0.25, -0.2) is 4.79 Å². The van der Waals surface area contributed by atoms with Crippen molar-refractivity contribution in [1.82, 2.24) is 10.6 Å². The van der Waals surface area contributed by atoms with Crippen LogP contribution in [-0.2, 0) is 14.4 Å². The highest BCUT2D eigenvalue weighted by Crippen LogP contribution is 2.34. The summed E-state index contributed by atoms with van der Waals surface area (Å²) < 4.78 is 0. The summed E-state index contributed by atoms with van der Waals surface area (Å²) in [5.41, 5.74) is 4.48. The van der Waals surface area contributed by atoms with E-state index in [1.54, 1.807) is 0 Å². The topological polar surface area (TPSA) is 122 Å². The molecule has 0 spiro atoms. The number of carbonyl (C=O) groups excluding carboxylic acids is 2. The van der Waals surface area contributed by atoms with E-state index in [1.807, 2.05) is 6.92 Å². The van der Waals surface area contributed by atoms with Gasteiger partial charge < -0.3 is 21.5 Å². The van der Waals surface area contributed by atoms with Gasteiger partial charge in [-0.3, -0.25) is 9.59 Å². The molecule has 7 heteroatoms. The number of piperidine rings is 1. The predicted molar refractivity (Wildman–Crippen MR) is 72.8 cm³/mol. The Balaban J connectivity index is 2.78. The number of carboxylic acid groups (broad SMARTS) is 1. The van der Waals surface area contributed by atoms with Gasteiger partial charge in [-0.1, -0.05) is 13.3 Å². The van der Waals surface area contributed by atoms with Crippen molar-refractivity contribution in [2.75, 3.05) is 13.1 Å². The Labute approximate surface area is 118 Å². The molecule has 114 valence electrons. The molecule has 1 fully saturated rings. The summed E-state index contributed by atoms with van der Waals surface area (Å²) in [7, 11) is 0. The Bertz CT molecular complexity index is 372. The lowest BCUT2D eigenvalue weighted by Crippen LogP contribution is -2.52. The molecule has 1 rings (SSSR count). The molecule has 0 bridgehead atoms. The van der Waals surface area contributed by atoms with Gasteiger partial charge in [-0.05, 0) is 32.4 Å². The average molecular weight is 285 g/mol. The molecular weight excluding hydrogens is 262 g/mol. The number of carboxylic acids is 1. The number of carbonyl (C=O) groups is 3. The monoisotopic (exact) mass is 285 g/mol. The van der Waals surface area contributed by atoms with Crippen molar-refractivity contribution in [3.8, 4) is 0 Å². The van der Waals surface area contributed by atoms with Crippen LogP contribution in [0.3, 0.4) is 0 Å². The number of aliphatic carboxylic acids is 1. The van der Waals surface area contributed by atoms with Crippen molar-refractivity contribution < 1.29 is 19.5 Å². The first-order valence-electron chi connectivity index (χ1n) is 6.94.